The van der Waals surface area contributed by atoms with E-state index in [1.807, 2.05) is 0 Å². The molecule has 0 saturated carbocycles. The van der Waals surface area contributed by atoms with Gasteiger partial charge in [0.1, 0.15) is 6.61 Å². The summed E-state index contributed by atoms with van der Waals surface area (Å²) in [5.74, 6) is -2.23. The molecule has 0 aliphatic carbocycles. The number of nitrogens with zero attached hydrogens (tertiary/aromatic N) is 1. The second-order valence-corrected chi connectivity index (χ2v) is 4.86. The third kappa shape index (κ3) is 3.24. The van der Waals surface area contributed by atoms with Gasteiger partial charge >= 0.3 is 5.66 Å². The maximum Gasteiger partial charge on any atom is 0.381 e. The predicted molar refractivity (Wildman–Crippen MR) is 71.2 cm³/mol. The van der Waals surface area contributed by atoms with Crippen LogP contribution >= 0.6 is 23.2 Å². The lowest BCUT2D eigenvalue weighted by molar-refractivity contribution is -0.558. The number of halogens is 2. The molecule has 0 saturated heterocycles. The van der Waals surface area contributed by atoms with Gasteiger partial charge in [-0.25, -0.2) is 0 Å². The van der Waals surface area contributed by atoms with Crippen molar-refractivity contribution in [2.75, 3.05) is 6.61 Å². The standard InChI is InChI=1S/C11H10Cl2N2O5/c12-9(13)10(18)14-11(6-16,15(19)20)8(17)7-4-2-1-3-5-7/h1-5,9,16H,6H2,(H,14,18). The summed E-state index contributed by atoms with van der Waals surface area (Å²) >= 11 is 10.6. The molecule has 0 bridgehead atoms. The predicted octanol–water partition coefficient (Wildman–Crippen LogP) is 0.754. The summed E-state index contributed by atoms with van der Waals surface area (Å²) in [5, 5.41) is 22.2. The number of nitro groups is 1. The molecule has 1 aromatic carbocycles. The quantitative estimate of drug-likeness (QED) is 0.264. The van der Waals surface area contributed by atoms with E-state index >= 15 is 0 Å². The molecule has 9 heteroatoms. The Morgan fingerprint density at radius 2 is 1.90 bits per heavy atom. The average Bonchev–Trinajstić information content (AvgIpc) is 2.44. The molecule has 0 heterocycles. The van der Waals surface area contributed by atoms with Gasteiger partial charge in [-0.3, -0.25) is 25.0 Å². The van der Waals surface area contributed by atoms with Crippen molar-refractivity contribution < 1.29 is 19.6 Å². The molecule has 1 aromatic rings. The van der Waals surface area contributed by atoms with Crippen molar-refractivity contribution in [3.05, 3.63) is 46.0 Å². The van der Waals surface area contributed by atoms with E-state index in [-0.39, 0.29) is 5.56 Å². The molecule has 0 aliphatic rings. The summed E-state index contributed by atoms with van der Waals surface area (Å²) < 4.78 is 0. The number of rotatable bonds is 6. The highest BCUT2D eigenvalue weighted by molar-refractivity contribution is 6.53. The molecule has 1 unspecified atom stereocenters. The van der Waals surface area contributed by atoms with E-state index in [9.17, 15) is 24.8 Å². The minimum Gasteiger partial charge on any atom is -0.386 e. The number of carbonyl (C=O) groups excluding carboxylic acids is 2. The van der Waals surface area contributed by atoms with Crippen LogP contribution in [0.25, 0.3) is 0 Å². The molecule has 108 valence electrons. The minimum atomic E-state index is -2.72. The zero-order valence-corrected chi connectivity index (χ0v) is 11.5. The molecule has 0 fully saturated rings. The second-order valence-electron chi connectivity index (χ2n) is 3.76. The third-order valence-corrected chi connectivity index (χ3v) is 2.88. The molecule has 0 radical (unpaired) electrons. The normalized spacial score (nSPS) is 13.6. The van der Waals surface area contributed by atoms with Crippen molar-refractivity contribution in [2.24, 2.45) is 0 Å². The van der Waals surface area contributed by atoms with E-state index in [0.717, 1.165) is 0 Å². The van der Waals surface area contributed by atoms with Crippen LogP contribution < -0.4 is 5.32 Å². The first-order chi connectivity index (χ1) is 9.35. The number of aliphatic hydroxyl groups is 1. The third-order valence-electron chi connectivity index (χ3n) is 2.48. The lowest BCUT2D eigenvalue weighted by atomic mass is 9.99. The lowest BCUT2D eigenvalue weighted by Gasteiger charge is -2.23. The van der Waals surface area contributed by atoms with E-state index in [0.29, 0.717) is 0 Å². The highest BCUT2D eigenvalue weighted by Gasteiger charge is 2.52. The van der Waals surface area contributed by atoms with Gasteiger partial charge in [0, 0.05) is 5.56 Å². The molecule has 0 aliphatic heterocycles. The fourth-order valence-corrected chi connectivity index (χ4v) is 1.55. The molecule has 0 aromatic heterocycles. The van der Waals surface area contributed by atoms with Crippen LogP contribution in [0.5, 0.6) is 0 Å². The molecule has 0 spiro atoms. The Balaban J connectivity index is 3.21. The van der Waals surface area contributed by atoms with Gasteiger partial charge in [-0.05, 0) is 0 Å². The van der Waals surface area contributed by atoms with Crippen LogP contribution in [0.2, 0.25) is 0 Å². The highest BCUT2D eigenvalue weighted by Crippen LogP contribution is 2.16. The summed E-state index contributed by atoms with van der Waals surface area (Å²) in [6.45, 7) is -1.24. The average molecular weight is 321 g/mol. The number of ketones is 1. The number of nitrogens with one attached hydrogen (secondary N) is 1. The van der Waals surface area contributed by atoms with Crippen LogP contribution in [0.4, 0.5) is 0 Å². The van der Waals surface area contributed by atoms with Crippen LogP contribution in [0.3, 0.4) is 0 Å². The van der Waals surface area contributed by atoms with Gasteiger partial charge in [0.25, 0.3) is 11.7 Å². The zero-order chi connectivity index (χ0) is 15.3. The molecular formula is C11H10Cl2N2O5. The van der Waals surface area contributed by atoms with Crippen molar-refractivity contribution in [3.8, 4) is 0 Å². The molecule has 20 heavy (non-hydrogen) atoms. The van der Waals surface area contributed by atoms with Crippen molar-refractivity contribution in [3.63, 3.8) is 0 Å². The summed E-state index contributed by atoms with van der Waals surface area (Å²) in [6, 6.07) is 7.23. The number of benzene rings is 1. The number of Topliss-reactive ketones (excluding diaryl/α,β-unsaturated/α-hetero) is 1. The molecule has 2 N–H and O–H groups in total. The summed E-state index contributed by atoms with van der Waals surface area (Å²) in [6.07, 6.45) is 0. The van der Waals surface area contributed by atoms with Crippen molar-refractivity contribution in [2.45, 2.75) is 10.5 Å². The Hall–Kier alpha value is -1.70. The molecular weight excluding hydrogens is 311 g/mol. The zero-order valence-electron chi connectivity index (χ0n) is 9.95. The Morgan fingerprint density at radius 3 is 2.30 bits per heavy atom. The number of carbonyl (C=O) groups is 2. The number of amides is 1. The van der Waals surface area contributed by atoms with E-state index in [1.165, 1.54) is 24.3 Å². The Labute approximate surface area is 123 Å². The van der Waals surface area contributed by atoms with Crippen LogP contribution in [0.15, 0.2) is 30.3 Å². The van der Waals surface area contributed by atoms with Crippen LogP contribution in [-0.2, 0) is 4.79 Å². The number of aliphatic hydroxyl groups excluding tert-OH is 1. The van der Waals surface area contributed by atoms with Gasteiger partial charge in [-0.1, -0.05) is 53.5 Å². The minimum absolute atomic E-state index is 0.0424. The van der Waals surface area contributed by atoms with Gasteiger partial charge < -0.3 is 5.11 Å². The lowest BCUT2D eigenvalue weighted by Crippen LogP contribution is -2.63. The fourth-order valence-electron chi connectivity index (χ4n) is 1.44. The first kappa shape index (κ1) is 16.4. The summed E-state index contributed by atoms with van der Waals surface area (Å²) in [4.78, 5) is 32.1. The van der Waals surface area contributed by atoms with Crippen LogP contribution in [-0.4, -0.2) is 38.8 Å². The van der Waals surface area contributed by atoms with Gasteiger partial charge in [0.15, 0.2) is 4.84 Å². The largest absolute Gasteiger partial charge is 0.386 e. The number of hydrogen-bond acceptors (Lipinski definition) is 5. The van der Waals surface area contributed by atoms with Gasteiger partial charge in [-0.15, -0.1) is 0 Å². The monoisotopic (exact) mass is 320 g/mol. The molecule has 1 rings (SSSR count). The maximum absolute atomic E-state index is 12.2. The Kier molecular flexibility index (Phi) is 5.43. The fraction of sp³-hybridized carbons (Fsp3) is 0.273. The topological polar surface area (TPSA) is 110 Å². The first-order valence-corrected chi connectivity index (χ1v) is 6.18. The molecule has 1 atom stereocenters. The van der Waals surface area contributed by atoms with Crippen molar-refractivity contribution >= 4 is 34.9 Å². The van der Waals surface area contributed by atoms with Crippen LogP contribution in [0, 0.1) is 10.1 Å². The van der Waals surface area contributed by atoms with Gasteiger partial charge in [-0.2, -0.15) is 0 Å². The SMILES string of the molecule is O=C(NC(CO)(C(=O)c1ccccc1)[N+](=O)[O-])C(Cl)Cl. The van der Waals surface area contributed by atoms with E-state index in [1.54, 1.807) is 11.4 Å². The van der Waals surface area contributed by atoms with E-state index in [2.05, 4.69) is 0 Å². The van der Waals surface area contributed by atoms with Crippen molar-refractivity contribution in [1.82, 2.24) is 5.32 Å². The van der Waals surface area contributed by atoms with Gasteiger partial charge in [0.2, 0.25) is 0 Å². The number of hydrogen-bond donors (Lipinski definition) is 2. The Bertz CT molecular complexity index is 523. The highest BCUT2D eigenvalue weighted by atomic mass is 35.5. The Morgan fingerprint density at radius 1 is 1.35 bits per heavy atom. The smallest absolute Gasteiger partial charge is 0.381 e. The first-order valence-electron chi connectivity index (χ1n) is 5.30. The van der Waals surface area contributed by atoms with Crippen molar-refractivity contribution in [1.29, 1.82) is 0 Å². The molecule has 1 amide bonds. The maximum atomic E-state index is 12.2. The van der Waals surface area contributed by atoms with Crippen LogP contribution in [0.1, 0.15) is 10.4 Å². The summed E-state index contributed by atoms with van der Waals surface area (Å²) in [7, 11) is 0. The van der Waals surface area contributed by atoms with E-state index in [4.69, 9.17) is 23.2 Å². The summed E-state index contributed by atoms with van der Waals surface area (Å²) in [5.41, 5.74) is -2.76. The van der Waals surface area contributed by atoms with Gasteiger partial charge in [0.05, 0.1) is 4.92 Å². The second kappa shape index (κ2) is 6.65. The van der Waals surface area contributed by atoms with E-state index < -0.39 is 33.7 Å². The number of alkyl halides is 2. The molecule has 7 nitrogen and oxygen atoms in total.